The SMILES string of the molecule is CC1(C)CC(=O)c2c(oc3cc4c(cc23)OCCOCCOCCO4)C1. The lowest BCUT2D eigenvalue weighted by Crippen LogP contribution is -2.25. The number of ketones is 1. The Hall–Kier alpha value is -2.05. The minimum atomic E-state index is -0.0828. The van der Waals surface area contributed by atoms with Crippen LogP contribution in [0.2, 0.25) is 0 Å². The molecule has 6 heteroatoms. The van der Waals surface area contributed by atoms with Crippen LogP contribution < -0.4 is 9.47 Å². The van der Waals surface area contributed by atoms with Crippen molar-refractivity contribution in [3.05, 3.63) is 23.5 Å². The van der Waals surface area contributed by atoms with E-state index in [0.717, 1.165) is 17.6 Å². The Labute approximate surface area is 152 Å². The molecule has 0 unspecified atom stereocenters. The zero-order valence-corrected chi connectivity index (χ0v) is 15.3. The second-order valence-corrected chi connectivity index (χ2v) is 7.56. The minimum Gasteiger partial charge on any atom is -0.487 e. The third-order valence-electron chi connectivity index (χ3n) is 4.73. The average molecular weight is 360 g/mol. The predicted octanol–water partition coefficient (Wildman–Crippen LogP) is 3.39. The first-order valence-electron chi connectivity index (χ1n) is 9.07. The molecule has 0 atom stereocenters. The molecule has 4 rings (SSSR count). The smallest absolute Gasteiger partial charge is 0.167 e. The van der Waals surface area contributed by atoms with Gasteiger partial charge in [-0.05, 0) is 11.5 Å². The highest BCUT2D eigenvalue weighted by molar-refractivity contribution is 6.10. The van der Waals surface area contributed by atoms with Crippen molar-refractivity contribution >= 4 is 16.8 Å². The lowest BCUT2D eigenvalue weighted by Gasteiger charge is -2.27. The fraction of sp³-hybridized carbons (Fsp3) is 0.550. The summed E-state index contributed by atoms with van der Waals surface area (Å²) in [5, 5.41) is 0.798. The molecule has 0 saturated carbocycles. The number of benzene rings is 1. The van der Waals surface area contributed by atoms with E-state index in [9.17, 15) is 4.79 Å². The van der Waals surface area contributed by atoms with Gasteiger partial charge < -0.3 is 23.4 Å². The van der Waals surface area contributed by atoms with E-state index < -0.39 is 0 Å². The van der Waals surface area contributed by atoms with E-state index in [1.54, 1.807) is 0 Å². The topological polar surface area (TPSA) is 67.1 Å². The number of Topliss-reactive ketones (excluding diaryl/α,β-unsaturated/α-hetero) is 1. The van der Waals surface area contributed by atoms with Crippen molar-refractivity contribution in [3.8, 4) is 11.5 Å². The number of hydrogen-bond donors (Lipinski definition) is 0. The van der Waals surface area contributed by atoms with Gasteiger partial charge in [-0.3, -0.25) is 4.79 Å². The first kappa shape index (κ1) is 17.4. The molecule has 1 aliphatic carbocycles. The Morgan fingerprint density at radius 2 is 1.46 bits per heavy atom. The van der Waals surface area contributed by atoms with Crippen LogP contribution in [0, 0.1) is 5.41 Å². The van der Waals surface area contributed by atoms with Crippen LogP contribution in [0.3, 0.4) is 0 Å². The standard InChI is InChI=1S/C20H24O6/c1-20(2)11-14(21)19-13-9-16-17(10-15(13)26-18(19)12-20)25-8-6-23-4-3-22-5-7-24-16/h9-10H,3-8,11-12H2,1-2H3. The van der Waals surface area contributed by atoms with Gasteiger partial charge in [0.1, 0.15) is 24.6 Å². The summed E-state index contributed by atoms with van der Waals surface area (Å²) in [6.45, 7) is 7.01. The summed E-state index contributed by atoms with van der Waals surface area (Å²) >= 11 is 0. The molecule has 0 fully saturated rings. The lowest BCUT2D eigenvalue weighted by molar-refractivity contribution is 0.0224. The lowest BCUT2D eigenvalue weighted by atomic mass is 9.76. The van der Waals surface area contributed by atoms with Gasteiger partial charge in [0.05, 0.1) is 32.0 Å². The highest BCUT2D eigenvalue weighted by Gasteiger charge is 2.35. The molecule has 2 aromatic rings. The molecule has 0 radical (unpaired) electrons. The number of hydrogen-bond acceptors (Lipinski definition) is 6. The van der Waals surface area contributed by atoms with E-state index in [0.29, 0.717) is 68.7 Å². The van der Waals surface area contributed by atoms with E-state index in [4.69, 9.17) is 23.4 Å². The van der Waals surface area contributed by atoms with Crippen molar-refractivity contribution < 1.29 is 28.2 Å². The van der Waals surface area contributed by atoms with Gasteiger partial charge in [-0.2, -0.15) is 0 Å². The van der Waals surface area contributed by atoms with E-state index in [1.165, 1.54) is 0 Å². The number of fused-ring (bicyclic) bond motifs is 4. The third-order valence-corrected chi connectivity index (χ3v) is 4.73. The number of rotatable bonds is 0. The zero-order chi connectivity index (χ0) is 18.1. The van der Waals surface area contributed by atoms with Crippen LogP contribution in [0.15, 0.2) is 16.5 Å². The molecule has 6 nitrogen and oxygen atoms in total. The van der Waals surface area contributed by atoms with Gasteiger partial charge in [-0.1, -0.05) is 13.8 Å². The third kappa shape index (κ3) is 3.44. The van der Waals surface area contributed by atoms with Gasteiger partial charge in [0, 0.05) is 24.3 Å². The molecule has 2 heterocycles. The van der Waals surface area contributed by atoms with E-state index in [1.807, 2.05) is 12.1 Å². The Bertz CT molecular complexity index is 819. The van der Waals surface area contributed by atoms with E-state index in [-0.39, 0.29) is 11.2 Å². The van der Waals surface area contributed by atoms with Crippen LogP contribution in [0.1, 0.15) is 36.4 Å². The average Bonchev–Trinajstić information content (AvgIpc) is 2.90. The maximum atomic E-state index is 12.7. The Morgan fingerprint density at radius 1 is 0.846 bits per heavy atom. The normalized spacial score (nSPS) is 20.9. The summed E-state index contributed by atoms with van der Waals surface area (Å²) in [5.41, 5.74) is 1.27. The fourth-order valence-corrected chi connectivity index (χ4v) is 3.57. The Balaban J connectivity index is 1.73. The molecular formula is C20H24O6. The maximum absolute atomic E-state index is 12.7. The van der Waals surface area contributed by atoms with Gasteiger partial charge in [0.25, 0.3) is 0 Å². The molecule has 0 amide bonds. The Kier molecular flexibility index (Phi) is 4.63. The quantitative estimate of drug-likeness (QED) is 0.717. The molecule has 1 aromatic carbocycles. The van der Waals surface area contributed by atoms with Crippen LogP contribution in [0.25, 0.3) is 11.0 Å². The maximum Gasteiger partial charge on any atom is 0.167 e. The van der Waals surface area contributed by atoms with Crippen molar-refractivity contribution in [1.29, 1.82) is 0 Å². The summed E-state index contributed by atoms with van der Waals surface area (Å²) in [6, 6.07) is 3.67. The van der Waals surface area contributed by atoms with Crippen LogP contribution in [0.5, 0.6) is 11.5 Å². The summed E-state index contributed by atoms with van der Waals surface area (Å²) in [6.07, 6.45) is 1.27. The molecule has 140 valence electrons. The van der Waals surface area contributed by atoms with Crippen molar-refractivity contribution in [3.63, 3.8) is 0 Å². The van der Waals surface area contributed by atoms with Gasteiger partial charge in [0.2, 0.25) is 0 Å². The molecule has 0 spiro atoms. The van der Waals surface area contributed by atoms with Crippen molar-refractivity contribution in [2.24, 2.45) is 5.41 Å². The molecule has 0 saturated heterocycles. The highest BCUT2D eigenvalue weighted by Crippen LogP contribution is 2.43. The highest BCUT2D eigenvalue weighted by atomic mass is 16.6. The molecular weight excluding hydrogens is 336 g/mol. The number of carbonyl (C=O) groups is 1. The molecule has 2 aliphatic rings. The summed E-state index contributed by atoms with van der Waals surface area (Å²) < 4.78 is 28.6. The number of carbonyl (C=O) groups excluding carboxylic acids is 1. The predicted molar refractivity (Wildman–Crippen MR) is 95.3 cm³/mol. The van der Waals surface area contributed by atoms with Gasteiger partial charge >= 0.3 is 0 Å². The Morgan fingerprint density at radius 3 is 2.15 bits per heavy atom. The van der Waals surface area contributed by atoms with E-state index in [2.05, 4.69) is 13.8 Å². The molecule has 0 N–H and O–H groups in total. The molecule has 1 aliphatic heterocycles. The number of ether oxygens (including phenoxy) is 4. The van der Waals surface area contributed by atoms with Crippen molar-refractivity contribution in [2.45, 2.75) is 26.7 Å². The summed E-state index contributed by atoms with van der Waals surface area (Å²) in [5.74, 6) is 2.08. The molecule has 26 heavy (non-hydrogen) atoms. The summed E-state index contributed by atoms with van der Waals surface area (Å²) in [7, 11) is 0. The van der Waals surface area contributed by atoms with Crippen LogP contribution in [-0.2, 0) is 15.9 Å². The van der Waals surface area contributed by atoms with Crippen LogP contribution >= 0.6 is 0 Å². The van der Waals surface area contributed by atoms with Crippen LogP contribution in [0.4, 0.5) is 0 Å². The van der Waals surface area contributed by atoms with Gasteiger partial charge in [0.15, 0.2) is 17.3 Å². The fourth-order valence-electron chi connectivity index (χ4n) is 3.57. The van der Waals surface area contributed by atoms with Gasteiger partial charge in [-0.15, -0.1) is 0 Å². The first-order chi connectivity index (χ1) is 12.5. The first-order valence-corrected chi connectivity index (χ1v) is 9.07. The second-order valence-electron chi connectivity index (χ2n) is 7.56. The second kappa shape index (κ2) is 6.93. The van der Waals surface area contributed by atoms with E-state index >= 15 is 0 Å². The number of furan rings is 1. The van der Waals surface area contributed by atoms with Crippen molar-refractivity contribution in [1.82, 2.24) is 0 Å². The summed E-state index contributed by atoms with van der Waals surface area (Å²) in [4.78, 5) is 12.7. The monoisotopic (exact) mass is 360 g/mol. The largest absolute Gasteiger partial charge is 0.487 e. The molecule has 0 bridgehead atoms. The zero-order valence-electron chi connectivity index (χ0n) is 15.3. The van der Waals surface area contributed by atoms with Crippen LogP contribution in [-0.4, -0.2) is 45.4 Å². The molecule has 1 aromatic heterocycles. The van der Waals surface area contributed by atoms with Gasteiger partial charge in [-0.25, -0.2) is 0 Å². The minimum absolute atomic E-state index is 0.0828. The van der Waals surface area contributed by atoms with Crippen molar-refractivity contribution in [2.75, 3.05) is 39.6 Å².